The van der Waals surface area contributed by atoms with E-state index in [1.165, 1.54) is 0 Å². The maximum absolute atomic E-state index is 11.1. The van der Waals surface area contributed by atoms with E-state index in [-0.39, 0.29) is 5.92 Å². The molecular formula is C10H14O2. The molecule has 0 heterocycles. The third-order valence-corrected chi connectivity index (χ3v) is 3.55. The number of aliphatic carboxylic acids is 1. The summed E-state index contributed by atoms with van der Waals surface area (Å²) < 4.78 is 0. The Balaban J connectivity index is 2.29. The second kappa shape index (κ2) is 2.12. The molecule has 2 aliphatic carbocycles. The molecule has 0 aromatic carbocycles. The van der Waals surface area contributed by atoms with Crippen LogP contribution in [0.3, 0.4) is 0 Å². The van der Waals surface area contributed by atoms with Gasteiger partial charge in [0.05, 0.1) is 5.41 Å². The summed E-state index contributed by atoms with van der Waals surface area (Å²) in [6, 6.07) is 0. The molecule has 66 valence electrons. The lowest BCUT2D eigenvalue weighted by molar-refractivity contribution is -0.146. The van der Waals surface area contributed by atoms with Crippen LogP contribution >= 0.6 is 0 Å². The van der Waals surface area contributed by atoms with Crippen LogP contribution in [0, 0.1) is 23.2 Å². The van der Waals surface area contributed by atoms with Crippen molar-refractivity contribution in [3.63, 3.8) is 0 Å². The van der Waals surface area contributed by atoms with Gasteiger partial charge in [-0.05, 0) is 24.2 Å². The molecule has 0 aromatic rings. The van der Waals surface area contributed by atoms with Crippen LogP contribution in [0.2, 0.25) is 0 Å². The number of rotatable bonds is 2. The summed E-state index contributed by atoms with van der Waals surface area (Å²) in [5.41, 5.74) is -0.408. The van der Waals surface area contributed by atoms with E-state index < -0.39 is 11.4 Å². The van der Waals surface area contributed by atoms with Gasteiger partial charge in [-0.3, -0.25) is 4.79 Å². The summed E-state index contributed by atoms with van der Waals surface area (Å²) in [7, 11) is 0. The van der Waals surface area contributed by atoms with Gasteiger partial charge in [-0.1, -0.05) is 26.0 Å². The van der Waals surface area contributed by atoms with Crippen LogP contribution < -0.4 is 0 Å². The molecule has 0 radical (unpaired) electrons. The molecule has 1 N–H and O–H groups in total. The molecule has 0 unspecified atom stereocenters. The quantitative estimate of drug-likeness (QED) is 0.636. The average molecular weight is 166 g/mol. The number of fused-ring (bicyclic) bond motifs is 1. The Kier molecular flexibility index (Phi) is 1.39. The van der Waals surface area contributed by atoms with Crippen LogP contribution in [0.15, 0.2) is 12.2 Å². The van der Waals surface area contributed by atoms with E-state index in [1.54, 1.807) is 0 Å². The van der Waals surface area contributed by atoms with Crippen molar-refractivity contribution in [2.45, 2.75) is 20.3 Å². The zero-order chi connectivity index (χ0) is 8.93. The molecule has 1 fully saturated rings. The topological polar surface area (TPSA) is 37.3 Å². The third kappa shape index (κ3) is 0.637. The number of carboxylic acids is 1. The Morgan fingerprint density at radius 1 is 1.67 bits per heavy atom. The summed E-state index contributed by atoms with van der Waals surface area (Å²) in [4.78, 5) is 11.1. The van der Waals surface area contributed by atoms with Crippen LogP contribution in [-0.2, 0) is 4.79 Å². The van der Waals surface area contributed by atoms with Gasteiger partial charge < -0.3 is 5.11 Å². The molecule has 12 heavy (non-hydrogen) atoms. The van der Waals surface area contributed by atoms with Gasteiger partial charge in [0.1, 0.15) is 0 Å². The van der Waals surface area contributed by atoms with Crippen molar-refractivity contribution < 1.29 is 9.90 Å². The number of carbonyl (C=O) groups is 1. The van der Waals surface area contributed by atoms with Crippen LogP contribution in [0.4, 0.5) is 0 Å². The largest absolute Gasteiger partial charge is 0.481 e. The summed E-state index contributed by atoms with van der Waals surface area (Å²) in [6.07, 6.45) is 5.16. The fourth-order valence-corrected chi connectivity index (χ4v) is 2.88. The predicted octanol–water partition coefficient (Wildman–Crippen LogP) is 1.92. The van der Waals surface area contributed by atoms with Crippen LogP contribution in [-0.4, -0.2) is 11.1 Å². The fraction of sp³-hybridized carbons (Fsp3) is 0.700. The molecule has 0 aliphatic heterocycles. The van der Waals surface area contributed by atoms with E-state index in [0.717, 1.165) is 6.42 Å². The van der Waals surface area contributed by atoms with E-state index in [1.807, 2.05) is 13.8 Å². The molecule has 2 aliphatic rings. The Morgan fingerprint density at radius 3 is 2.58 bits per heavy atom. The normalized spacial score (nSPS) is 43.2. The molecule has 0 saturated heterocycles. The van der Waals surface area contributed by atoms with Crippen molar-refractivity contribution in [1.29, 1.82) is 0 Å². The van der Waals surface area contributed by atoms with Gasteiger partial charge >= 0.3 is 5.97 Å². The Labute approximate surface area is 72.3 Å². The Bertz CT molecular complexity index is 255. The standard InChI is InChI=1S/C10H14O2/c1-6(2)10(9(11)12)7-4-3-5-8(7)10/h3-4,6-8H,5H2,1-2H3,(H,11,12)/t7-,8+,10-/m0/s1. The minimum Gasteiger partial charge on any atom is -0.481 e. The highest BCUT2D eigenvalue weighted by molar-refractivity contribution is 5.81. The summed E-state index contributed by atoms with van der Waals surface area (Å²) in [5.74, 6) is 0.386. The smallest absolute Gasteiger partial charge is 0.310 e. The highest BCUT2D eigenvalue weighted by Crippen LogP contribution is 2.68. The second-order valence-electron chi connectivity index (χ2n) is 4.19. The summed E-state index contributed by atoms with van der Waals surface area (Å²) >= 11 is 0. The zero-order valence-electron chi connectivity index (χ0n) is 7.45. The first kappa shape index (κ1) is 7.84. The monoisotopic (exact) mass is 166 g/mol. The van der Waals surface area contributed by atoms with Crippen molar-refractivity contribution in [2.24, 2.45) is 23.2 Å². The molecule has 2 nitrogen and oxygen atoms in total. The highest BCUT2D eigenvalue weighted by atomic mass is 16.4. The van der Waals surface area contributed by atoms with Crippen molar-refractivity contribution >= 4 is 5.97 Å². The number of allylic oxidation sites excluding steroid dienone is 2. The van der Waals surface area contributed by atoms with E-state index in [0.29, 0.717) is 11.8 Å². The maximum Gasteiger partial charge on any atom is 0.310 e. The molecule has 0 amide bonds. The van der Waals surface area contributed by atoms with Crippen molar-refractivity contribution in [2.75, 3.05) is 0 Å². The average Bonchev–Trinajstić information content (AvgIpc) is 2.35. The lowest BCUT2D eigenvalue weighted by atomic mass is 9.86. The first-order valence-corrected chi connectivity index (χ1v) is 4.51. The highest BCUT2D eigenvalue weighted by Gasteiger charge is 2.70. The predicted molar refractivity (Wildman–Crippen MR) is 45.6 cm³/mol. The van der Waals surface area contributed by atoms with E-state index >= 15 is 0 Å². The molecule has 0 bridgehead atoms. The van der Waals surface area contributed by atoms with E-state index in [2.05, 4.69) is 12.2 Å². The SMILES string of the molecule is CC(C)[C@@]1(C(=O)O)[C@@H]2CC=C[C@@H]21. The van der Waals surface area contributed by atoms with Crippen LogP contribution in [0.5, 0.6) is 0 Å². The van der Waals surface area contributed by atoms with Crippen molar-refractivity contribution in [3.8, 4) is 0 Å². The lowest BCUT2D eigenvalue weighted by Crippen LogP contribution is -2.25. The molecule has 2 heteroatoms. The van der Waals surface area contributed by atoms with E-state index in [9.17, 15) is 4.79 Å². The van der Waals surface area contributed by atoms with Gasteiger partial charge in [0, 0.05) is 0 Å². The first-order valence-electron chi connectivity index (χ1n) is 4.51. The maximum atomic E-state index is 11.1. The van der Waals surface area contributed by atoms with Gasteiger partial charge in [0.25, 0.3) is 0 Å². The second-order valence-corrected chi connectivity index (χ2v) is 4.19. The first-order chi connectivity index (χ1) is 5.61. The van der Waals surface area contributed by atoms with Crippen LogP contribution in [0.25, 0.3) is 0 Å². The van der Waals surface area contributed by atoms with Crippen LogP contribution in [0.1, 0.15) is 20.3 Å². The molecule has 2 rings (SSSR count). The molecular weight excluding hydrogens is 152 g/mol. The van der Waals surface area contributed by atoms with Crippen molar-refractivity contribution in [1.82, 2.24) is 0 Å². The molecule has 0 aromatic heterocycles. The Hall–Kier alpha value is -0.790. The fourth-order valence-electron chi connectivity index (χ4n) is 2.88. The molecule has 3 atom stereocenters. The van der Waals surface area contributed by atoms with Gasteiger partial charge in [-0.2, -0.15) is 0 Å². The van der Waals surface area contributed by atoms with Gasteiger partial charge in [0.2, 0.25) is 0 Å². The number of carboxylic acid groups (broad SMARTS) is 1. The van der Waals surface area contributed by atoms with E-state index in [4.69, 9.17) is 5.11 Å². The summed E-state index contributed by atoms with van der Waals surface area (Å²) in [6.45, 7) is 4.03. The Morgan fingerprint density at radius 2 is 2.33 bits per heavy atom. The number of hydrogen-bond acceptors (Lipinski definition) is 1. The van der Waals surface area contributed by atoms with Gasteiger partial charge in [-0.15, -0.1) is 0 Å². The third-order valence-electron chi connectivity index (χ3n) is 3.55. The summed E-state index contributed by atoms with van der Waals surface area (Å²) in [5, 5.41) is 9.15. The number of hydrogen-bond donors (Lipinski definition) is 1. The minimum absolute atomic E-state index is 0.259. The lowest BCUT2D eigenvalue weighted by Gasteiger charge is -2.17. The van der Waals surface area contributed by atoms with Crippen molar-refractivity contribution in [3.05, 3.63) is 12.2 Å². The van der Waals surface area contributed by atoms with Gasteiger partial charge in [-0.25, -0.2) is 0 Å². The molecule has 0 spiro atoms. The minimum atomic E-state index is -0.600. The van der Waals surface area contributed by atoms with Gasteiger partial charge in [0.15, 0.2) is 0 Å². The molecule has 1 saturated carbocycles. The zero-order valence-corrected chi connectivity index (χ0v) is 7.45.